The molecule has 4 N–H and O–H groups in total. The molecule has 1 unspecified atom stereocenters. The third-order valence-corrected chi connectivity index (χ3v) is 10.8. The number of allylic oxidation sites excluding steroid dienone is 10. The number of phosphoric acid groups is 2. The predicted molar refractivity (Wildman–Crippen MR) is 244 cm³/mol. The molecular formula is C46H80O14P2. The number of aliphatic hydroxyl groups is 1. The van der Waals surface area contributed by atoms with Crippen LogP contribution < -0.4 is 0 Å². The van der Waals surface area contributed by atoms with Crippen LogP contribution in [0.5, 0.6) is 0 Å². The van der Waals surface area contributed by atoms with Crippen molar-refractivity contribution in [2.45, 2.75) is 187 Å². The molecule has 0 aliphatic rings. The third kappa shape index (κ3) is 44.1. The molecular weight excluding hydrogens is 838 g/mol. The fraction of sp³-hybridized carbons (Fsp3) is 0.717. The van der Waals surface area contributed by atoms with Crippen molar-refractivity contribution in [3.8, 4) is 0 Å². The molecule has 3 atom stereocenters. The Balaban J connectivity index is 4.62. The van der Waals surface area contributed by atoms with Gasteiger partial charge in [-0.2, -0.15) is 0 Å². The quantitative estimate of drug-likeness (QED) is 0.0112. The first-order valence-corrected chi connectivity index (χ1v) is 26.0. The maximum atomic E-state index is 12.7. The molecule has 358 valence electrons. The number of aliphatic hydroxyl groups excluding tert-OH is 1. The maximum absolute atomic E-state index is 12.7. The number of esters is 2. The molecule has 0 aromatic rings. The van der Waals surface area contributed by atoms with Gasteiger partial charge in [-0.15, -0.1) is 0 Å². The summed E-state index contributed by atoms with van der Waals surface area (Å²) in [6.07, 6.45) is 40.5. The van der Waals surface area contributed by atoms with Gasteiger partial charge in [0.1, 0.15) is 12.7 Å². The number of ether oxygens (including phenoxy) is 2. The second-order valence-electron chi connectivity index (χ2n) is 15.4. The number of carbonyl (C=O) groups is 3. The van der Waals surface area contributed by atoms with Crippen LogP contribution in [0.15, 0.2) is 60.8 Å². The monoisotopic (exact) mass is 919 g/mol. The highest BCUT2D eigenvalue weighted by molar-refractivity contribution is 7.47. The number of rotatable bonds is 43. The van der Waals surface area contributed by atoms with E-state index in [1.54, 1.807) is 12.2 Å². The number of unbranched alkanes of at least 4 members (excludes halogenated alkanes) is 16. The van der Waals surface area contributed by atoms with Crippen LogP contribution in [-0.2, 0) is 46.6 Å². The Morgan fingerprint density at radius 1 is 0.516 bits per heavy atom. The van der Waals surface area contributed by atoms with Crippen LogP contribution in [0, 0.1) is 0 Å². The number of hydrogen-bond donors (Lipinski definition) is 4. The van der Waals surface area contributed by atoms with E-state index in [1.165, 1.54) is 57.8 Å². The van der Waals surface area contributed by atoms with E-state index >= 15 is 0 Å². The van der Waals surface area contributed by atoms with Gasteiger partial charge in [0, 0.05) is 19.3 Å². The van der Waals surface area contributed by atoms with E-state index in [2.05, 4.69) is 35.0 Å². The van der Waals surface area contributed by atoms with Gasteiger partial charge in [0.15, 0.2) is 11.9 Å². The summed E-state index contributed by atoms with van der Waals surface area (Å²) in [6, 6.07) is 0. The highest BCUT2D eigenvalue weighted by Crippen LogP contribution is 2.43. The Morgan fingerprint density at radius 3 is 1.65 bits per heavy atom. The highest BCUT2D eigenvalue weighted by atomic mass is 31.2. The Hall–Kier alpha value is -2.51. The molecule has 0 spiro atoms. The van der Waals surface area contributed by atoms with Gasteiger partial charge in [-0.05, 0) is 70.3 Å². The summed E-state index contributed by atoms with van der Waals surface area (Å²) < 4.78 is 47.7. The van der Waals surface area contributed by atoms with Gasteiger partial charge in [0.25, 0.3) is 0 Å². The van der Waals surface area contributed by atoms with Crippen molar-refractivity contribution in [3.05, 3.63) is 60.8 Å². The van der Waals surface area contributed by atoms with Crippen LogP contribution in [0.1, 0.15) is 174 Å². The number of carbonyl (C=O) groups excluding carboxylic acids is 3. The van der Waals surface area contributed by atoms with Crippen molar-refractivity contribution in [1.29, 1.82) is 0 Å². The minimum Gasteiger partial charge on any atom is -0.462 e. The average molecular weight is 919 g/mol. The molecule has 0 radical (unpaired) electrons. The molecule has 62 heavy (non-hydrogen) atoms. The van der Waals surface area contributed by atoms with E-state index in [1.807, 2.05) is 36.5 Å². The Kier molecular flexibility index (Phi) is 39.5. The molecule has 16 heteroatoms. The normalized spacial score (nSPS) is 14.4. The average Bonchev–Trinajstić information content (AvgIpc) is 3.23. The van der Waals surface area contributed by atoms with Gasteiger partial charge in [0.2, 0.25) is 0 Å². The van der Waals surface area contributed by atoms with E-state index in [-0.39, 0.29) is 18.6 Å². The lowest BCUT2D eigenvalue weighted by Crippen LogP contribution is -2.30. The Labute approximate surface area is 372 Å². The Bertz CT molecular complexity index is 1390. The van der Waals surface area contributed by atoms with Crippen LogP contribution in [0.3, 0.4) is 0 Å². The zero-order chi connectivity index (χ0) is 46.0. The van der Waals surface area contributed by atoms with Crippen molar-refractivity contribution in [2.24, 2.45) is 0 Å². The van der Waals surface area contributed by atoms with E-state index in [0.29, 0.717) is 25.7 Å². The molecule has 0 aliphatic heterocycles. The summed E-state index contributed by atoms with van der Waals surface area (Å²) in [4.78, 5) is 64.5. The van der Waals surface area contributed by atoms with Crippen LogP contribution >= 0.6 is 15.6 Å². The zero-order valence-corrected chi connectivity index (χ0v) is 39.5. The standard InChI is InChI=1S/C46H80O14P2/c1-3-5-7-8-9-10-11-12-13-14-15-16-19-23-26-29-33-37-46(50)60-44(41-59-62(54,55)58-39-43(48)38-57-61(51,52)53)40-56-45(49)36-32-28-25-22-20-17-18-21-24-27-31-35-42(47)34-30-6-4-2/h12-13,17-18,22,24-25,27,31,35,43-44,48H,3-11,14-16,19-21,23,26,28-30,32-34,36-41H2,1-2H3,(H,54,55)(H2,51,52,53)/b13-12-,18-17-,25-22-,27-24-,35-31+/t43-,44+/m0/s1. The number of phosphoric ester groups is 2. The molecule has 0 bridgehead atoms. The molecule has 0 aromatic carbocycles. The van der Waals surface area contributed by atoms with Crippen LogP contribution in [0.2, 0.25) is 0 Å². The first-order chi connectivity index (χ1) is 29.8. The summed E-state index contributed by atoms with van der Waals surface area (Å²) in [5.41, 5.74) is 0. The van der Waals surface area contributed by atoms with E-state index in [4.69, 9.17) is 23.8 Å². The first kappa shape index (κ1) is 59.5. The molecule has 0 rings (SSSR count). The molecule has 0 heterocycles. The second-order valence-corrected chi connectivity index (χ2v) is 18.0. The van der Waals surface area contributed by atoms with E-state index in [0.717, 1.165) is 64.2 Å². The van der Waals surface area contributed by atoms with Gasteiger partial charge in [-0.25, -0.2) is 9.13 Å². The molecule has 0 fully saturated rings. The van der Waals surface area contributed by atoms with E-state index < -0.39 is 66.2 Å². The molecule has 14 nitrogen and oxygen atoms in total. The molecule has 0 aromatic heterocycles. The fourth-order valence-corrected chi connectivity index (χ4v) is 6.98. The molecule has 0 saturated carbocycles. The molecule has 0 aliphatic carbocycles. The topological polar surface area (TPSA) is 212 Å². The number of hydrogen-bond acceptors (Lipinski definition) is 11. The SMILES string of the molecule is CCCCCCCC/C=C\CCCCCCCCCC(=O)O[C@H](COC(=O)CCC/C=C\C/C=C\C/C=C\C=C\C(=O)CCCCC)COP(=O)(O)OC[C@@H](O)COP(=O)(O)O. The smallest absolute Gasteiger partial charge is 0.462 e. The predicted octanol–water partition coefficient (Wildman–Crippen LogP) is 11.2. The minimum atomic E-state index is -4.88. The van der Waals surface area contributed by atoms with Crippen LogP contribution in [0.25, 0.3) is 0 Å². The van der Waals surface area contributed by atoms with Crippen LogP contribution in [0.4, 0.5) is 0 Å². The van der Waals surface area contributed by atoms with Crippen molar-refractivity contribution in [3.63, 3.8) is 0 Å². The Morgan fingerprint density at radius 2 is 1.00 bits per heavy atom. The second kappa shape index (κ2) is 41.2. The van der Waals surface area contributed by atoms with Gasteiger partial charge in [0.05, 0.1) is 19.8 Å². The minimum absolute atomic E-state index is 0.0905. The van der Waals surface area contributed by atoms with Gasteiger partial charge in [-0.3, -0.25) is 28.0 Å². The van der Waals surface area contributed by atoms with Crippen molar-refractivity contribution in [2.75, 3.05) is 26.4 Å². The summed E-state index contributed by atoms with van der Waals surface area (Å²) in [5, 5.41) is 9.75. The zero-order valence-electron chi connectivity index (χ0n) is 37.7. The third-order valence-electron chi connectivity index (χ3n) is 9.35. The van der Waals surface area contributed by atoms with Gasteiger partial charge < -0.3 is 29.3 Å². The van der Waals surface area contributed by atoms with Crippen molar-refractivity contribution < 1.29 is 66.3 Å². The van der Waals surface area contributed by atoms with Crippen molar-refractivity contribution in [1.82, 2.24) is 0 Å². The maximum Gasteiger partial charge on any atom is 0.472 e. The van der Waals surface area contributed by atoms with E-state index in [9.17, 15) is 33.5 Å². The summed E-state index contributed by atoms with van der Waals surface area (Å²) in [6.45, 7) is 1.52. The first-order valence-electron chi connectivity index (χ1n) is 22.9. The van der Waals surface area contributed by atoms with Gasteiger partial charge in [-0.1, -0.05) is 146 Å². The lowest BCUT2D eigenvalue weighted by atomic mass is 10.1. The largest absolute Gasteiger partial charge is 0.472 e. The van der Waals surface area contributed by atoms with Crippen molar-refractivity contribution >= 4 is 33.4 Å². The molecule has 0 amide bonds. The lowest BCUT2D eigenvalue weighted by molar-refractivity contribution is -0.161. The van der Waals surface area contributed by atoms with Gasteiger partial charge >= 0.3 is 27.6 Å². The lowest BCUT2D eigenvalue weighted by Gasteiger charge is -2.20. The van der Waals surface area contributed by atoms with Crippen LogP contribution in [-0.4, -0.2) is 76.1 Å². The number of ketones is 1. The molecule has 0 saturated heterocycles. The summed E-state index contributed by atoms with van der Waals surface area (Å²) in [5.74, 6) is -0.991. The summed E-state index contributed by atoms with van der Waals surface area (Å²) in [7, 11) is -9.71. The fourth-order valence-electron chi connectivity index (χ4n) is 5.82. The highest BCUT2D eigenvalue weighted by Gasteiger charge is 2.28. The summed E-state index contributed by atoms with van der Waals surface area (Å²) >= 11 is 0.